The van der Waals surface area contributed by atoms with E-state index < -0.39 is 11.6 Å². The number of aliphatic hydroxyl groups is 1. The van der Waals surface area contributed by atoms with E-state index in [-0.39, 0.29) is 53.5 Å². The van der Waals surface area contributed by atoms with Gasteiger partial charge < -0.3 is 20.6 Å². The maximum atomic E-state index is 14.4. The highest BCUT2D eigenvalue weighted by Crippen LogP contribution is 2.43. The first kappa shape index (κ1) is 82.2. The van der Waals surface area contributed by atoms with Gasteiger partial charge in [0, 0.05) is 44.5 Å². The number of aliphatic hydroxyl groups excluding tert-OH is 1. The maximum Gasteiger partial charge on any atom is 0.275 e. The zero-order valence-corrected chi connectivity index (χ0v) is 68.3. The zero-order chi connectivity index (χ0) is 81.2. The monoisotopic (exact) mass is 1670 g/mol. The van der Waals surface area contributed by atoms with E-state index in [4.69, 9.17) is 84.9 Å². The fourth-order valence-corrected chi connectivity index (χ4v) is 17.1. The third kappa shape index (κ3) is 19.0. The Kier molecular flexibility index (Phi) is 26.4. The molecule has 3 aliphatic carbocycles. The Labute approximate surface area is 702 Å². The number of allylic oxidation sites excluding steroid dienone is 3. The fraction of sp³-hybridized carbons (Fsp3) is 0.237. The van der Waals surface area contributed by atoms with Gasteiger partial charge in [-0.2, -0.15) is 15.3 Å². The van der Waals surface area contributed by atoms with Crippen molar-refractivity contribution in [2.45, 2.75) is 128 Å². The van der Waals surface area contributed by atoms with Crippen LogP contribution in [0.2, 0.25) is 30.1 Å². The van der Waals surface area contributed by atoms with Gasteiger partial charge in [0.1, 0.15) is 17.5 Å². The highest BCUT2D eigenvalue weighted by molar-refractivity contribution is 6.37. The number of benzene rings is 8. The Morgan fingerprint density at radius 3 is 1.28 bits per heavy atom. The van der Waals surface area contributed by atoms with E-state index in [2.05, 4.69) is 21.7 Å². The predicted molar refractivity (Wildman–Crippen MR) is 459 cm³/mol. The van der Waals surface area contributed by atoms with E-state index in [0.717, 1.165) is 167 Å². The number of aromatic nitrogens is 7. The van der Waals surface area contributed by atoms with Crippen molar-refractivity contribution in [1.29, 1.82) is 0 Å². The minimum absolute atomic E-state index is 0.0847. The summed E-state index contributed by atoms with van der Waals surface area (Å²) >= 11 is 38.5. The van der Waals surface area contributed by atoms with Crippen LogP contribution in [0.25, 0.3) is 52.0 Å². The van der Waals surface area contributed by atoms with Gasteiger partial charge in [-0.25, -0.2) is 27.2 Å². The van der Waals surface area contributed by atoms with Crippen molar-refractivity contribution in [3.05, 3.63) is 344 Å². The molecule has 23 heteroatoms. The number of rotatable bonds is 15. The Morgan fingerprint density at radius 1 is 0.474 bits per heavy atom. The number of fused-ring (bicyclic) bond motifs is 3. The molecule has 3 amide bonds. The van der Waals surface area contributed by atoms with Crippen LogP contribution in [-0.2, 0) is 24.8 Å². The molecule has 0 bridgehead atoms. The molecule has 3 N–H and O–H groups in total. The minimum atomic E-state index is -0.607. The lowest BCUT2D eigenvalue weighted by Gasteiger charge is -2.35. The first-order chi connectivity index (χ1) is 56.2. The van der Waals surface area contributed by atoms with Crippen LogP contribution in [0.15, 0.2) is 212 Å². The summed E-state index contributed by atoms with van der Waals surface area (Å²) in [4.78, 5) is 48.3. The molecule has 0 radical (unpaired) electrons. The quantitative estimate of drug-likeness (QED) is 0.0854. The molecule has 8 aromatic carbocycles. The first-order valence-electron chi connectivity index (χ1n) is 38.8. The molecule has 1 aliphatic heterocycles. The number of hydrogen-bond acceptors (Lipinski definition) is 8. The molecule has 592 valence electrons. The SMILES string of the molecule is CC(C)(NC(=O)c1nn(-c2ccc(Cl)cc2Cl)c2c1CCCC/C2=C\c1ccc(F)cc1)c1ccccc1.O=C(N[C@H](CO)c1ccccc1)c1nn(-c2ccc(Cl)cc2Cl)c2c1CCCC/C2=C\c1ccc(F)cc1.O=C(c1nn(-c2ccc(Cl)cc2Cl)c2c1CCCC/C2=C\c1ccc(F)cc1)N1CCCCC1c1ccccn1. The average Bonchev–Trinajstić information content (AvgIpc) is 1.61. The molecule has 1 saturated heterocycles. The molecule has 116 heavy (non-hydrogen) atoms. The number of likely N-dealkylation sites (tertiary alicyclic amines) is 1. The van der Waals surface area contributed by atoms with E-state index >= 15 is 0 Å². The number of halogens is 9. The second-order valence-electron chi connectivity index (χ2n) is 29.7. The number of nitrogens with zero attached hydrogens (tertiary/aromatic N) is 8. The minimum Gasteiger partial charge on any atom is -0.394 e. The zero-order valence-electron chi connectivity index (χ0n) is 63.8. The van der Waals surface area contributed by atoms with E-state index in [9.17, 15) is 32.7 Å². The molecule has 14 nitrogen and oxygen atoms in total. The van der Waals surface area contributed by atoms with E-state index in [0.29, 0.717) is 78.0 Å². The normalized spacial score (nSPS) is 16.1. The Morgan fingerprint density at radius 2 is 0.871 bits per heavy atom. The van der Waals surface area contributed by atoms with Crippen molar-refractivity contribution >= 4 is 122 Å². The van der Waals surface area contributed by atoms with Gasteiger partial charge in [-0.05, 0) is 276 Å². The number of hydrogen-bond donors (Lipinski definition) is 3. The van der Waals surface area contributed by atoms with Crippen molar-refractivity contribution in [3.63, 3.8) is 0 Å². The number of nitrogens with one attached hydrogen (secondary N) is 2. The van der Waals surface area contributed by atoms with Crippen molar-refractivity contribution in [2.75, 3.05) is 13.2 Å². The summed E-state index contributed by atoms with van der Waals surface area (Å²) in [5, 5.41) is 33.6. The second-order valence-corrected chi connectivity index (χ2v) is 32.2. The van der Waals surface area contributed by atoms with Crippen LogP contribution in [0, 0.1) is 17.5 Å². The van der Waals surface area contributed by atoms with Crippen molar-refractivity contribution in [2.24, 2.45) is 0 Å². The number of amides is 3. The van der Waals surface area contributed by atoms with Gasteiger partial charge in [0.25, 0.3) is 17.7 Å². The average molecular weight is 1670 g/mol. The number of carbonyl (C=O) groups excluding carboxylic acids is 3. The lowest BCUT2D eigenvalue weighted by Crippen LogP contribution is -2.41. The largest absolute Gasteiger partial charge is 0.394 e. The van der Waals surface area contributed by atoms with Gasteiger partial charge in [-0.3, -0.25) is 19.4 Å². The third-order valence-corrected chi connectivity index (χ3v) is 22.9. The smallest absolute Gasteiger partial charge is 0.275 e. The molecular formula is C93H83Cl6F3N10O4. The van der Waals surface area contributed by atoms with Gasteiger partial charge >= 0.3 is 0 Å². The maximum absolute atomic E-state index is 14.4. The van der Waals surface area contributed by atoms with E-state index in [1.54, 1.807) is 94.4 Å². The Bertz CT molecular complexity index is 5660. The second kappa shape index (κ2) is 37.3. The summed E-state index contributed by atoms with van der Waals surface area (Å²) in [5.74, 6) is -1.58. The molecule has 2 atom stereocenters. The first-order valence-corrected chi connectivity index (χ1v) is 41.1. The summed E-state index contributed by atoms with van der Waals surface area (Å²) < 4.78 is 46.1. The van der Waals surface area contributed by atoms with Crippen LogP contribution in [0.5, 0.6) is 0 Å². The lowest BCUT2D eigenvalue weighted by atomic mass is 9.94. The van der Waals surface area contributed by atoms with Gasteiger partial charge in [0.2, 0.25) is 0 Å². The van der Waals surface area contributed by atoms with Crippen LogP contribution in [-0.4, -0.2) is 75.2 Å². The van der Waals surface area contributed by atoms with Crippen LogP contribution in [0.4, 0.5) is 13.2 Å². The van der Waals surface area contributed by atoms with Crippen LogP contribution in [0.3, 0.4) is 0 Å². The Hall–Kier alpha value is -10.3. The van der Waals surface area contributed by atoms with E-state index in [1.807, 2.05) is 127 Å². The summed E-state index contributed by atoms with van der Waals surface area (Å²) in [6.45, 7) is 4.36. The van der Waals surface area contributed by atoms with Gasteiger partial charge in [-0.1, -0.05) is 173 Å². The van der Waals surface area contributed by atoms with Gasteiger partial charge in [0.05, 0.1) is 79.1 Å². The summed E-state index contributed by atoms with van der Waals surface area (Å²) in [7, 11) is 0. The fourth-order valence-electron chi connectivity index (χ4n) is 15.6. The highest BCUT2D eigenvalue weighted by Gasteiger charge is 2.37. The van der Waals surface area contributed by atoms with Crippen molar-refractivity contribution < 1.29 is 32.7 Å². The standard InChI is InChI=1S/C32H29Cl2FN4O.C31H28Cl2FN3O.C30H26Cl2FN3O2/c33-23-13-16-28(26(34)20-23)39-31-22(19-21-11-14-24(35)15-12-21)7-1-2-8-25(31)30(37-39)32(40)38-18-6-4-10-29(38)27-9-3-5-17-36-27;1-31(2,22-9-4-3-5-10-22)35-30(38)28-25-11-7-6-8-21(18-20-12-15-24(34)16-13-20)29(25)37(36-28)27-17-14-23(32)19-26(27)33;31-22-12-15-27(25(32)17-22)36-29-21(16-19-10-13-23(33)14-11-19)8-4-5-9-24(29)28(35-36)30(38)34-26(18-37)20-6-2-1-3-7-20/h3,5,9,11-17,19-20,29H,1-2,4,6-8,10,18H2;3-5,9-10,12-19H,6-8,11H2,1-2H3,(H,35,38);1-3,6-7,10-17,26,37H,4-5,8-9,18H2,(H,34,38)/b22-19+;21-18+;21-16+/t;;26-/m..1/s1. The van der Waals surface area contributed by atoms with Crippen LogP contribution in [0.1, 0.15) is 202 Å². The molecule has 5 heterocycles. The topological polar surface area (TPSA) is 165 Å². The molecule has 0 saturated carbocycles. The van der Waals surface area contributed by atoms with E-state index in [1.165, 1.54) is 36.4 Å². The summed E-state index contributed by atoms with van der Waals surface area (Å²) in [6.07, 6.45) is 20.7. The molecule has 4 aromatic heterocycles. The summed E-state index contributed by atoms with van der Waals surface area (Å²) in [5.41, 5.74) is 15.9. The van der Waals surface area contributed by atoms with Crippen molar-refractivity contribution in [3.8, 4) is 17.1 Å². The van der Waals surface area contributed by atoms with Gasteiger partial charge in [-0.15, -0.1) is 0 Å². The van der Waals surface area contributed by atoms with Crippen LogP contribution < -0.4 is 10.6 Å². The molecule has 12 aromatic rings. The third-order valence-electron chi connectivity index (χ3n) is 21.3. The lowest BCUT2D eigenvalue weighted by molar-refractivity contribution is 0.0598. The number of piperidine rings is 1. The number of pyridine rings is 1. The molecule has 16 rings (SSSR count). The predicted octanol–water partition coefficient (Wildman–Crippen LogP) is 23.6. The highest BCUT2D eigenvalue weighted by atomic mass is 35.5. The van der Waals surface area contributed by atoms with Crippen LogP contribution >= 0.6 is 69.6 Å². The summed E-state index contributed by atoms with van der Waals surface area (Å²) in [6, 6.07) is 59.2. The molecule has 1 unspecified atom stereocenters. The molecular weight excluding hydrogens is 1590 g/mol. The molecule has 1 fully saturated rings. The Balaban J connectivity index is 0.000000144. The number of carbonyl (C=O) groups is 3. The van der Waals surface area contributed by atoms with Crippen molar-refractivity contribution in [1.82, 2.24) is 49.9 Å². The van der Waals surface area contributed by atoms with Gasteiger partial charge in [0.15, 0.2) is 17.1 Å². The molecule has 0 spiro atoms. The molecule has 4 aliphatic rings.